The Labute approximate surface area is 212 Å². The summed E-state index contributed by atoms with van der Waals surface area (Å²) in [5, 5.41) is 16.8. The van der Waals surface area contributed by atoms with Gasteiger partial charge < -0.3 is 15.1 Å². The normalized spacial score (nSPS) is 11.2. The van der Waals surface area contributed by atoms with Gasteiger partial charge in [-0.3, -0.25) is 4.72 Å². The number of benzene rings is 1. The molecule has 0 unspecified atom stereocenters. The molecule has 0 aliphatic rings. The highest BCUT2D eigenvalue weighted by Crippen LogP contribution is 2.29. The van der Waals surface area contributed by atoms with Crippen molar-refractivity contribution in [3.05, 3.63) is 70.2 Å². The van der Waals surface area contributed by atoms with Crippen molar-refractivity contribution in [3.8, 4) is 0 Å². The Bertz CT molecular complexity index is 1320. The van der Waals surface area contributed by atoms with Crippen LogP contribution in [0.2, 0.25) is 4.34 Å². The van der Waals surface area contributed by atoms with Crippen LogP contribution >= 0.6 is 22.9 Å². The second-order valence-electron chi connectivity index (χ2n) is 6.87. The molecule has 194 valence electrons. The Morgan fingerprint density at radius 3 is 2.22 bits per heavy atom. The van der Waals surface area contributed by atoms with Gasteiger partial charge in [0.2, 0.25) is 0 Å². The summed E-state index contributed by atoms with van der Waals surface area (Å²) in [6, 6.07) is 13.7. The van der Waals surface area contributed by atoms with E-state index >= 15 is 0 Å². The van der Waals surface area contributed by atoms with Crippen molar-refractivity contribution < 1.29 is 41.4 Å². The first-order valence-corrected chi connectivity index (χ1v) is 12.5. The lowest BCUT2D eigenvalue weighted by molar-refractivity contribution is -0.192. The molecule has 3 rings (SSSR count). The smallest absolute Gasteiger partial charge is 0.478 e. The van der Waals surface area contributed by atoms with E-state index in [2.05, 4.69) is 9.71 Å². The molecule has 0 aliphatic heterocycles. The third-order valence-electron chi connectivity index (χ3n) is 4.30. The van der Waals surface area contributed by atoms with Crippen LogP contribution in [0.15, 0.2) is 58.9 Å². The average molecular weight is 566 g/mol. The summed E-state index contributed by atoms with van der Waals surface area (Å²) in [6.45, 7) is 2.90. The fraction of sp³-hybridized carbons (Fsp3) is 0.190. The number of carbonyl (C=O) groups is 2. The van der Waals surface area contributed by atoms with Gasteiger partial charge in [0.15, 0.2) is 0 Å². The van der Waals surface area contributed by atoms with E-state index in [1.54, 1.807) is 0 Å². The maximum atomic E-state index is 12.5. The van der Waals surface area contributed by atoms with E-state index in [9.17, 15) is 31.5 Å². The van der Waals surface area contributed by atoms with Crippen molar-refractivity contribution in [1.29, 1.82) is 0 Å². The highest BCUT2D eigenvalue weighted by Gasteiger charge is 2.38. The van der Waals surface area contributed by atoms with E-state index in [4.69, 9.17) is 21.5 Å². The summed E-state index contributed by atoms with van der Waals surface area (Å²) in [6.07, 6.45) is -3.78. The zero-order valence-electron chi connectivity index (χ0n) is 18.4. The van der Waals surface area contributed by atoms with Crippen molar-refractivity contribution in [2.45, 2.75) is 23.9 Å². The molecule has 0 saturated heterocycles. The molecular weight excluding hydrogens is 547 g/mol. The largest absolute Gasteiger partial charge is 0.490 e. The lowest BCUT2D eigenvalue weighted by Gasteiger charge is -2.24. The number of aromatic nitrogens is 1. The summed E-state index contributed by atoms with van der Waals surface area (Å²) < 4.78 is 59.4. The molecule has 0 saturated carbocycles. The van der Waals surface area contributed by atoms with Gasteiger partial charge in [-0.15, -0.1) is 11.3 Å². The summed E-state index contributed by atoms with van der Waals surface area (Å²) in [5.74, 6) is -3.68. The van der Waals surface area contributed by atoms with Gasteiger partial charge in [0.1, 0.15) is 15.6 Å². The quantitative estimate of drug-likeness (QED) is 0.349. The first-order chi connectivity index (χ1) is 16.7. The lowest BCUT2D eigenvalue weighted by atomic mass is 10.2. The molecule has 36 heavy (non-hydrogen) atoms. The number of sulfonamides is 1. The van der Waals surface area contributed by atoms with Crippen molar-refractivity contribution in [2.75, 3.05) is 16.2 Å². The Hall–Kier alpha value is -3.36. The maximum absolute atomic E-state index is 12.5. The number of carboxylic acids is 2. The van der Waals surface area contributed by atoms with Crippen LogP contribution in [-0.4, -0.2) is 48.3 Å². The minimum absolute atomic E-state index is 0.0303. The van der Waals surface area contributed by atoms with Gasteiger partial charge in [-0.05, 0) is 30.7 Å². The van der Waals surface area contributed by atoms with Crippen molar-refractivity contribution in [3.63, 3.8) is 0 Å². The standard InChI is InChI=1S/C19H18ClN3O4S2.C2HF3O2/c1-2-23(12-13-6-4-3-5-7-13)18-15(19(24)25)10-14(11-21-18)22-29(26,27)17-9-8-16(20)28-17;3-2(4,5)1(6)7/h3-11,22H,2,12H2,1H3,(H,24,25);(H,6,7). The van der Waals surface area contributed by atoms with E-state index in [-0.39, 0.29) is 21.3 Å². The molecule has 1 aromatic carbocycles. The number of aliphatic carboxylic acids is 1. The molecule has 2 heterocycles. The van der Waals surface area contributed by atoms with Gasteiger partial charge in [0, 0.05) is 13.1 Å². The summed E-state index contributed by atoms with van der Waals surface area (Å²) in [5.41, 5.74) is 0.977. The Kier molecular flexibility index (Phi) is 9.67. The Morgan fingerprint density at radius 1 is 1.14 bits per heavy atom. The number of hydrogen-bond donors (Lipinski definition) is 3. The van der Waals surface area contributed by atoms with Crippen LogP contribution < -0.4 is 9.62 Å². The first-order valence-electron chi connectivity index (χ1n) is 9.85. The number of hydrogen-bond acceptors (Lipinski definition) is 7. The van der Waals surface area contributed by atoms with Gasteiger partial charge >= 0.3 is 18.1 Å². The maximum Gasteiger partial charge on any atom is 0.490 e. The van der Waals surface area contributed by atoms with Crippen LogP contribution in [0.5, 0.6) is 0 Å². The van der Waals surface area contributed by atoms with Crippen LogP contribution in [0.1, 0.15) is 22.8 Å². The summed E-state index contributed by atoms with van der Waals surface area (Å²) in [4.78, 5) is 26.8. The van der Waals surface area contributed by atoms with Crippen LogP contribution in [0.3, 0.4) is 0 Å². The van der Waals surface area contributed by atoms with Crippen LogP contribution in [0.4, 0.5) is 24.7 Å². The number of nitrogens with zero attached hydrogens (tertiary/aromatic N) is 2. The molecule has 0 fully saturated rings. The molecular formula is C21H19ClF3N3O6S2. The highest BCUT2D eigenvalue weighted by molar-refractivity contribution is 7.94. The number of halogens is 4. The molecule has 0 radical (unpaired) electrons. The average Bonchev–Trinajstić information content (AvgIpc) is 3.25. The van der Waals surface area contributed by atoms with Gasteiger partial charge in [-0.25, -0.2) is 23.0 Å². The summed E-state index contributed by atoms with van der Waals surface area (Å²) >= 11 is 6.71. The number of carboxylic acid groups (broad SMARTS) is 2. The number of alkyl halides is 3. The van der Waals surface area contributed by atoms with E-state index in [1.165, 1.54) is 24.4 Å². The third-order valence-corrected chi connectivity index (χ3v) is 7.41. The fourth-order valence-electron chi connectivity index (χ4n) is 2.71. The lowest BCUT2D eigenvalue weighted by Crippen LogP contribution is -2.25. The van der Waals surface area contributed by atoms with Crippen molar-refractivity contribution >= 4 is 56.4 Å². The minimum atomic E-state index is -5.08. The zero-order valence-corrected chi connectivity index (χ0v) is 20.7. The van der Waals surface area contributed by atoms with Gasteiger partial charge in [-0.1, -0.05) is 41.9 Å². The topological polar surface area (TPSA) is 137 Å². The first kappa shape index (κ1) is 28.9. The van der Waals surface area contributed by atoms with Gasteiger partial charge in [0.25, 0.3) is 10.0 Å². The molecule has 0 amide bonds. The number of anilines is 2. The predicted molar refractivity (Wildman–Crippen MR) is 128 cm³/mol. The molecule has 0 spiro atoms. The third kappa shape index (κ3) is 8.10. The number of thiophene rings is 1. The molecule has 9 nitrogen and oxygen atoms in total. The molecule has 3 N–H and O–H groups in total. The van der Waals surface area contributed by atoms with Gasteiger partial charge in [-0.2, -0.15) is 13.2 Å². The number of nitrogens with one attached hydrogen (secondary N) is 1. The van der Waals surface area contributed by atoms with Crippen LogP contribution in [0, 0.1) is 0 Å². The monoisotopic (exact) mass is 565 g/mol. The molecule has 3 aromatic rings. The SMILES string of the molecule is CCN(Cc1ccccc1)c1ncc(NS(=O)(=O)c2ccc(Cl)s2)cc1C(=O)O.O=C(O)C(F)(F)F. The summed E-state index contributed by atoms with van der Waals surface area (Å²) in [7, 11) is -3.88. The van der Waals surface area contributed by atoms with Crippen LogP contribution in [-0.2, 0) is 21.4 Å². The molecule has 0 aliphatic carbocycles. The van der Waals surface area contributed by atoms with Crippen LogP contribution in [0.25, 0.3) is 0 Å². The van der Waals surface area contributed by atoms with E-state index in [0.717, 1.165) is 16.9 Å². The Balaban J connectivity index is 0.000000572. The molecule has 15 heteroatoms. The number of pyridine rings is 1. The second kappa shape index (κ2) is 12.1. The zero-order chi connectivity index (χ0) is 27.1. The van der Waals surface area contributed by atoms with E-state index in [1.807, 2.05) is 42.2 Å². The highest BCUT2D eigenvalue weighted by atomic mass is 35.5. The predicted octanol–water partition coefficient (Wildman–Crippen LogP) is 4.96. The van der Waals surface area contributed by atoms with E-state index < -0.39 is 28.1 Å². The number of rotatable bonds is 8. The van der Waals surface area contributed by atoms with Crippen molar-refractivity contribution in [1.82, 2.24) is 4.98 Å². The molecule has 2 aromatic heterocycles. The molecule has 0 atom stereocenters. The fourth-order valence-corrected chi connectivity index (χ4v) is 5.23. The minimum Gasteiger partial charge on any atom is -0.478 e. The van der Waals surface area contributed by atoms with E-state index in [0.29, 0.717) is 17.4 Å². The number of aromatic carboxylic acids is 1. The molecule has 0 bridgehead atoms. The Morgan fingerprint density at radius 2 is 1.75 bits per heavy atom. The van der Waals surface area contributed by atoms with Crippen molar-refractivity contribution in [2.24, 2.45) is 0 Å². The second-order valence-corrected chi connectivity index (χ2v) is 10.5. The van der Waals surface area contributed by atoms with Gasteiger partial charge in [0.05, 0.1) is 16.2 Å².